The van der Waals surface area contributed by atoms with E-state index in [-0.39, 0.29) is 12.4 Å². The molecule has 0 radical (unpaired) electrons. The van der Waals surface area contributed by atoms with Gasteiger partial charge >= 0.3 is 0 Å². The average molecular weight is 432 g/mol. The second-order valence-electron chi connectivity index (χ2n) is 7.53. The van der Waals surface area contributed by atoms with E-state index in [1.807, 2.05) is 49.5 Å². The molecule has 0 fully saturated rings. The van der Waals surface area contributed by atoms with Crippen LogP contribution in [0.3, 0.4) is 0 Å². The van der Waals surface area contributed by atoms with Crippen molar-refractivity contribution in [2.45, 2.75) is 20.5 Å². The molecule has 0 aromatic heterocycles. The molecule has 0 saturated heterocycles. The Morgan fingerprint density at radius 1 is 1.00 bits per heavy atom. The van der Waals surface area contributed by atoms with E-state index in [0.717, 1.165) is 34.8 Å². The highest BCUT2D eigenvalue weighted by molar-refractivity contribution is 5.59. The fourth-order valence-corrected chi connectivity index (χ4v) is 3.23. The molecule has 5 nitrogen and oxygen atoms in total. The van der Waals surface area contributed by atoms with E-state index in [9.17, 15) is 5.11 Å². The highest BCUT2D eigenvalue weighted by atomic mass is 17.1. The zero-order chi connectivity index (χ0) is 22.9. The number of rotatable bonds is 8. The van der Waals surface area contributed by atoms with Crippen LogP contribution in [0.5, 0.6) is 5.75 Å². The summed E-state index contributed by atoms with van der Waals surface area (Å²) >= 11 is 0. The summed E-state index contributed by atoms with van der Waals surface area (Å²) in [6.45, 7) is 4.96. The lowest BCUT2D eigenvalue weighted by Gasteiger charge is -2.16. The van der Waals surface area contributed by atoms with Gasteiger partial charge in [0, 0.05) is 24.8 Å². The number of phenolic OH excluding ortho intramolecular Hbond substituents is 1. The van der Waals surface area contributed by atoms with E-state index < -0.39 is 0 Å². The molecular formula is C27H29NO4. The molecule has 0 amide bonds. The number of phenols is 1. The van der Waals surface area contributed by atoms with Crippen LogP contribution in [-0.4, -0.2) is 24.0 Å². The Balaban J connectivity index is 1.71. The Kier molecular flexibility index (Phi) is 8.08. The van der Waals surface area contributed by atoms with Crippen LogP contribution >= 0.6 is 0 Å². The van der Waals surface area contributed by atoms with Gasteiger partial charge in [-0.15, -0.1) is 0 Å². The van der Waals surface area contributed by atoms with Gasteiger partial charge in [0.2, 0.25) is 0 Å². The van der Waals surface area contributed by atoms with Gasteiger partial charge in [0.1, 0.15) is 23.9 Å². The molecule has 0 bridgehead atoms. The highest BCUT2D eigenvalue weighted by Crippen LogP contribution is 2.23. The summed E-state index contributed by atoms with van der Waals surface area (Å²) in [6.07, 6.45) is 13.8. The summed E-state index contributed by atoms with van der Waals surface area (Å²) < 4.78 is 5.83. The second-order valence-corrected chi connectivity index (χ2v) is 7.53. The Morgan fingerprint density at radius 2 is 1.75 bits per heavy atom. The van der Waals surface area contributed by atoms with Crippen LogP contribution in [0.15, 0.2) is 89.9 Å². The Morgan fingerprint density at radius 3 is 2.47 bits per heavy atom. The average Bonchev–Trinajstić information content (AvgIpc) is 2.79. The number of aromatic hydroxyl groups is 1. The van der Waals surface area contributed by atoms with Gasteiger partial charge in [-0.2, -0.15) is 0 Å². The first-order valence-corrected chi connectivity index (χ1v) is 10.5. The Labute approximate surface area is 189 Å². The van der Waals surface area contributed by atoms with E-state index in [0.29, 0.717) is 5.56 Å². The zero-order valence-corrected chi connectivity index (χ0v) is 18.7. The van der Waals surface area contributed by atoms with Gasteiger partial charge in [0.15, 0.2) is 0 Å². The number of nitrogens with zero attached hydrogens (tertiary/aromatic N) is 1. The Hall–Kier alpha value is -3.54. The maximum Gasteiger partial charge on any atom is 0.127 e. The summed E-state index contributed by atoms with van der Waals surface area (Å²) in [4.78, 5) is 6.32. The van der Waals surface area contributed by atoms with Crippen molar-refractivity contribution in [3.05, 3.63) is 107 Å². The monoisotopic (exact) mass is 431 g/mol. The molecule has 0 saturated carbocycles. The zero-order valence-electron chi connectivity index (χ0n) is 18.7. The molecule has 2 N–H and O–H groups in total. The quantitative estimate of drug-likeness (QED) is 0.379. The molecule has 166 valence electrons. The van der Waals surface area contributed by atoms with Gasteiger partial charge in [-0.1, -0.05) is 42.5 Å². The third-order valence-corrected chi connectivity index (χ3v) is 5.11. The van der Waals surface area contributed by atoms with Gasteiger partial charge < -0.3 is 14.7 Å². The smallest absolute Gasteiger partial charge is 0.127 e. The minimum Gasteiger partial charge on any atom is -0.508 e. The van der Waals surface area contributed by atoms with E-state index in [2.05, 4.69) is 48.0 Å². The van der Waals surface area contributed by atoms with E-state index >= 15 is 0 Å². The molecule has 5 heteroatoms. The molecule has 0 spiro atoms. The molecule has 0 aliphatic carbocycles. The fourth-order valence-electron chi connectivity index (χ4n) is 3.23. The minimum absolute atomic E-state index is 0.0651. The van der Waals surface area contributed by atoms with Gasteiger partial charge in [-0.05, 0) is 73.0 Å². The normalized spacial score (nSPS) is 15.2. The number of anilines is 1. The fraction of sp³-hybridized carbons (Fsp3) is 0.185. The van der Waals surface area contributed by atoms with E-state index in [1.54, 1.807) is 18.2 Å². The Bertz CT molecular complexity index is 1080. The molecule has 2 aromatic rings. The van der Waals surface area contributed by atoms with Crippen LogP contribution in [0.4, 0.5) is 5.69 Å². The molecule has 1 aliphatic rings. The van der Waals surface area contributed by atoms with Gasteiger partial charge in [-0.25, -0.2) is 4.89 Å². The van der Waals surface area contributed by atoms with Crippen molar-refractivity contribution in [3.63, 3.8) is 0 Å². The number of hydrogen-bond donors (Lipinski definition) is 2. The topological polar surface area (TPSA) is 62.2 Å². The number of ether oxygens (including phenoxy) is 1. The standard InChI is InChI=1S/C27H29NO4/c1-4-28(3)25-12-8-21(9-13-25)10-14-26-18-23(16-20(2)32-26)7-5-6-22-11-15-27(29)24(17-22)19-31-30/h5-18,29-30H,4,19H2,1-3H3/b6-5+,14-10+,23-7+. The van der Waals surface area contributed by atoms with Crippen LogP contribution in [0.1, 0.15) is 30.5 Å². The molecule has 1 aliphatic heterocycles. The van der Waals surface area contributed by atoms with Gasteiger partial charge in [0.05, 0.1) is 0 Å². The lowest BCUT2D eigenvalue weighted by molar-refractivity contribution is -0.253. The molecule has 0 unspecified atom stereocenters. The first-order chi connectivity index (χ1) is 15.5. The molecule has 2 aromatic carbocycles. The van der Waals surface area contributed by atoms with Crippen molar-refractivity contribution in [1.29, 1.82) is 0 Å². The summed E-state index contributed by atoms with van der Waals surface area (Å²) in [6, 6.07) is 13.6. The van der Waals surface area contributed by atoms with Crippen molar-refractivity contribution in [2.75, 3.05) is 18.5 Å². The summed E-state index contributed by atoms with van der Waals surface area (Å²) in [7, 11) is 2.08. The maximum absolute atomic E-state index is 9.77. The second kappa shape index (κ2) is 11.2. The molecule has 0 atom stereocenters. The number of benzene rings is 2. The van der Waals surface area contributed by atoms with Crippen LogP contribution < -0.4 is 4.90 Å². The van der Waals surface area contributed by atoms with Crippen molar-refractivity contribution in [3.8, 4) is 5.75 Å². The predicted octanol–water partition coefficient (Wildman–Crippen LogP) is 6.31. The summed E-state index contributed by atoms with van der Waals surface area (Å²) in [5.41, 5.74) is 4.72. The number of allylic oxidation sites excluding steroid dienone is 7. The predicted molar refractivity (Wildman–Crippen MR) is 130 cm³/mol. The van der Waals surface area contributed by atoms with Gasteiger partial charge in [-0.3, -0.25) is 5.26 Å². The summed E-state index contributed by atoms with van der Waals surface area (Å²) in [5.74, 6) is 1.68. The van der Waals surface area contributed by atoms with Gasteiger partial charge in [0.25, 0.3) is 0 Å². The van der Waals surface area contributed by atoms with Crippen molar-refractivity contribution < 1.29 is 20.0 Å². The molecule has 1 heterocycles. The lowest BCUT2D eigenvalue weighted by Crippen LogP contribution is -2.15. The van der Waals surface area contributed by atoms with Crippen LogP contribution in [0.2, 0.25) is 0 Å². The largest absolute Gasteiger partial charge is 0.508 e. The third kappa shape index (κ3) is 6.48. The molecule has 3 rings (SSSR count). The summed E-state index contributed by atoms with van der Waals surface area (Å²) in [5, 5.41) is 18.4. The van der Waals surface area contributed by atoms with Crippen molar-refractivity contribution in [2.24, 2.45) is 0 Å². The maximum atomic E-state index is 9.77. The van der Waals surface area contributed by atoms with Crippen LogP contribution in [-0.2, 0) is 16.2 Å². The van der Waals surface area contributed by atoms with Crippen LogP contribution in [0, 0.1) is 0 Å². The minimum atomic E-state index is -0.0651. The van der Waals surface area contributed by atoms with E-state index in [4.69, 9.17) is 9.99 Å². The van der Waals surface area contributed by atoms with Crippen molar-refractivity contribution >= 4 is 17.8 Å². The first kappa shape index (κ1) is 23.1. The van der Waals surface area contributed by atoms with Crippen LogP contribution in [0.25, 0.3) is 12.2 Å². The third-order valence-electron chi connectivity index (χ3n) is 5.11. The SMILES string of the molecule is CCN(C)c1ccc(/C=C/C2=CC(=C/C=C/c3ccc(O)c(COO)c3)/C=C(C)O2)cc1. The first-order valence-electron chi connectivity index (χ1n) is 10.5. The molecular weight excluding hydrogens is 402 g/mol. The highest BCUT2D eigenvalue weighted by Gasteiger charge is 2.06. The lowest BCUT2D eigenvalue weighted by atomic mass is 10.1. The van der Waals surface area contributed by atoms with E-state index in [1.165, 1.54) is 5.69 Å². The van der Waals surface area contributed by atoms with Crippen molar-refractivity contribution in [1.82, 2.24) is 0 Å². The molecule has 32 heavy (non-hydrogen) atoms. The number of hydrogen-bond acceptors (Lipinski definition) is 5.